The zero-order valence-corrected chi connectivity index (χ0v) is 35.5. The highest BCUT2D eigenvalue weighted by atomic mass is 16.4. The van der Waals surface area contributed by atoms with E-state index >= 15 is 0 Å². The number of carboxylic acid groups (broad SMARTS) is 2. The van der Waals surface area contributed by atoms with Gasteiger partial charge in [-0.05, 0) is 47.4 Å². The molecule has 2 aromatic carbocycles. The number of carbonyl (C=O) groups excluding carboxylic acids is 5. The van der Waals surface area contributed by atoms with Crippen LogP contribution in [-0.2, 0) is 46.4 Å². The molecule has 4 aromatic rings. The summed E-state index contributed by atoms with van der Waals surface area (Å²) < 4.78 is 0. The number of nitrogens with one attached hydrogen (secondary N) is 7. The monoisotopic (exact) mass is 844 g/mol. The third-order valence-electron chi connectivity index (χ3n) is 11.2. The molecule has 8 atom stereocenters. The summed E-state index contributed by atoms with van der Waals surface area (Å²) >= 11 is 0. The summed E-state index contributed by atoms with van der Waals surface area (Å²) in [5.41, 5.74) is 9.16. The minimum Gasteiger partial charge on any atom is -0.481 e. The maximum atomic E-state index is 14.7. The number of carbonyl (C=O) groups is 7. The van der Waals surface area contributed by atoms with Crippen molar-refractivity contribution in [2.45, 2.75) is 116 Å². The minimum absolute atomic E-state index is 0.0187. The van der Waals surface area contributed by atoms with E-state index in [4.69, 9.17) is 5.73 Å². The van der Waals surface area contributed by atoms with Gasteiger partial charge in [0.2, 0.25) is 29.5 Å². The quantitative estimate of drug-likeness (QED) is 0.0521. The Morgan fingerprint density at radius 3 is 1.49 bits per heavy atom. The van der Waals surface area contributed by atoms with E-state index in [1.165, 1.54) is 0 Å². The first-order chi connectivity index (χ1) is 28.9. The summed E-state index contributed by atoms with van der Waals surface area (Å²) in [6.45, 7) is 11.0. The lowest BCUT2D eigenvalue weighted by Gasteiger charge is -2.29. The van der Waals surface area contributed by atoms with Gasteiger partial charge in [0.25, 0.3) is 0 Å². The third kappa shape index (κ3) is 12.9. The number of rotatable bonds is 23. The van der Waals surface area contributed by atoms with Crippen LogP contribution in [0, 0.1) is 17.8 Å². The van der Waals surface area contributed by atoms with E-state index in [0.717, 1.165) is 21.8 Å². The van der Waals surface area contributed by atoms with Crippen LogP contribution in [0.2, 0.25) is 0 Å². The molecule has 17 nitrogen and oxygen atoms in total. The molecular weight excluding hydrogens is 785 g/mol. The predicted octanol–water partition coefficient (Wildman–Crippen LogP) is 2.88. The van der Waals surface area contributed by atoms with Crippen LogP contribution in [0.4, 0.5) is 0 Å². The number of aliphatic carboxylic acids is 2. The van der Waals surface area contributed by atoms with Gasteiger partial charge in [-0.1, -0.05) is 90.8 Å². The van der Waals surface area contributed by atoms with E-state index in [0.29, 0.717) is 24.0 Å². The number of amides is 5. The Labute approximate surface area is 354 Å². The van der Waals surface area contributed by atoms with Gasteiger partial charge in [-0.2, -0.15) is 0 Å². The standard InChI is InChI=1S/C44H60N8O9/c1-7-24(5)37(45)42(58)52-38(25(6)8-2)43(59)50-34(19-27-22-47-31-16-12-10-14-29(27)31)41(57)49-33(18-26-21-46-30-15-11-9-13-28(26)30)40(56)48-32(17-23(3)4)39(55)51-35(44(60)61)20-36(53)54/h9-16,21-25,32-35,37-38,46-47H,7-8,17-20,45H2,1-6H3,(H,48,56)(H,49,57)(H,50,59)(H,51,55)(H,52,58)(H,53,54)(H,60,61)/t24-,25-,32-,33+,34-,35-,37-,38-/m0/s1. The van der Waals surface area contributed by atoms with Crippen molar-refractivity contribution in [2.24, 2.45) is 23.5 Å². The number of aromatic nitrogens is 2. The average molecular weight is 845 g/mol. The molecule has 0 spiro atoms. The van der Waals surface area contributed by atoms with Gasteiger partial charge in [-0.15, -0.1) is 0 Å². The number of hydrogen-bond acceptors (Lipinski definition) is 8. The van der Waals surface area contributed by atoms with E-state index in [2.05, 4.69) is 36.6 Å². The predicted molar refractivity (Wildman–Crippen MR) is 230 cm³/mol. The number of benzene rings is 2. The summed E-state index contributed by atoms with van der Waals surface area (Å²) in [5, 5.41) is 33.8. The van der Waals surface area contributed by atoms with Gasteiger partial charge in [0.15, 0.2) is 0 Å². The van der Waals surface area contributed by atoms with E-state index in [-0.39, 0.29) is 37.0 Å². The van der Waals surface area contributed by atoms with Crippen LogP contribution in [0.3, 0.4) is 0 Å². The van der Waals surface area contributed by atoms with E-state index < -0.39 is 84.1 Å². The second kappa shape index (κ2) is 21.9. The molecule has 61 heavy (non-hydrogen) atoms. The smallest absolute Gasteiger partial charge is 0.326 e. The van der Waals surface area contributed by atoms with Crippen LogP contribution in [0.15, 0.2) is 60.9 Å². The zero-order chi connectivity index (χ0) is 45.0. The number of carboxylic acids is 2. The van der Waals surface area contributed by atoms with Crippen LogP contribution >= 0.6 is 0 Å². The highest BCUT2D eigenvalue weighted by molar-refractivity contribution is 5.98. The molecule has 0 aliphatic carbocycles. The number of hydrogen-bond donors (Lipinski definition) is 10. The molecule has 0 aliphatic rings. The Balaban J connectivity index is 1.71. The Kier molecular flexibility index (Phi) is 17.0. The molecule has 17 heteroatoms. The summed E-state index contributed by atoms with van der Waals surface area (Å²) in [7, 11) is 0. The first kappa shape index (κ1) is 47.4. The molecule has 4 rings (SSSR count). The molecule has 5 amide bonds. The molecule has 0 unspecified atom stereocenters. The van der Waals surface area contributed by atoms with Gasteiger partial charge < -0.3 is 52.5 Å². The SMILES string of the molecule is CC[C@H](C)[C@H](N)C(=O)N[C@H](C(=O)N[C@@H](Cc1c[nH]c2ccccc12)C(=O)N[C@H](Cc1c[nH]c2ccccc12)C(=O)N[C@@H](CC(C)C)C(=O)N[C@@H](CC(=O)O)C(=O)O)[C@@H](C)CC. The number of fused-ring (bicyclic) bond motifs is 2. The normalized spacial score (nSPS) is 15.4. The van der Waals surface area contributed by atoms with Crippen LogP contribution < -0.4 is 32.3 Å². The zero-order valence-electron chi connectivity index (χ0n) is 35.5. The van der Waals surface area contributed by atoms with Gasteiger partial charge >= 0.3 is 11.9 Å². The van der Waals surface area contributed by atoms with Crippen LogP contribution in [-0.4, -0.2) is 97.9 Å². The highest BCUT2D eigenvalue weighted by Gasteiger charge is 2.35. The number of aromatic amines is 2. The maximum absolute atomic E-state index is 14.7. The number of nitrogens with two attached hydrogens (primary N) is 1. The van der Waals surface area contributed by atoms with Gasteiger partial charge in [0, 0.05) is 47.0 Å². The fourth-order valence-electron chi connectivity index (χ4n) is 7.08. The first-order valence-corrected chi connectivity index (χ1v) is 20.8. The molecular formula is C44H60N8O9. The van der Waals surface area contributed by atoms with Gasteiger partial charge in [-0.3, -0.25) is 28.8 Å². The topological polar surface area (TPSA) is 278 Å². The van der Waals surface area contributed by atoms with Gasteiger partial charge in [0.05, 0.1) is 12.5 Å². The lowest BCUT2D eigenvalue weighted by atomic mass is 9.94. The van der Waals surface area contributed by atoms with Crippen LogP contribution in [0.1, 0.15) is 78.4 Å². The molecule has 0 saturated heterocycles. The molecule has 11 N–H and O–H groups in total. The number of H-pyrrole nitrogens is 2. The van der Waals surface area contributed by atoms with E-state index in [9.17, 15) is 43.8 Å². The maximum Gasteiger partial charge on any atom is 0.326 e. The Bertz CT molecular complexity index is 2180. The molecule has 0 saturated carbocycles. The van der Waals surface area contributed by atoms with Crippen molar-refractivity contribution in [2.75, 3.05) is 0 Å². The van der Waals surface area contributed by atoms with Crippen LogP contribution in [0.5, 0.6) is 0 Å². The van der Waals surface area contributed by atoms with E-state index in [1.54, 1.807) is 33.2 Å². The van der Waals surface area contributed by atoms with Gasteiger partial charge in [-0.25, -0.2) is 4.79 Å². The summed E-state index contributed by atoms with van der Waals surface area (Å²) in [6, 6.07) is 7.17. The van der Waals surface area contributed by atoms with Crippen molar-refractivity contribution >= 4 is 63.3 Å². The Hall–Kier alpha value is -6.23. The Morgan fingerprint density at radius 2 is 1.03 bits per heavy atom. The van der Waals surface area contributed by atoms with Crippen molar-refractivity contribution in [3.05, 3.63) is 72.1 Å². The lowest BCUT2D eigenvalue weighted by molar-refractivity contribution is -0.147. The molecule has 0 radical (unpaired) electrons. The van der Waals surface area contributed by atoms with Crippen molar-refractivity contribution in [1.29, 1.82) is 0 Å². The third-order valence-corrected chi connectivity index (χ3v) is 11.2. The minimum atomic E-state index is -1.76. The second-order valence-corrected chi connectivity index (χ2v) is 16.2. The molecule has 0 fully saturated rings. The average Bonchev–Trinajstić information content (AvgIpc) is 3.83. The molecule has 2 aromatic heterocycles. The fraction of sp³-hybridized carbons (Fsp3) is 0.477. The largest absolute Gasteiger partial charge is 0.481 e. The van der Waals surface area contributed by atoms with Crippen molar-refractivity contribution in [1.82, 2.24) is 36.6 Å². The molecule has 330 valence electrons. The van der Waals surface area contributed by atoms with Crippen molar-refractivity contribution in [3.63, 3.8) is 0 Å². The fourth-order valence-corrected chi connectivity index (χ4v) is 7.08. The van der Waals surface area contributed by atoms with Crippen LogP contribution in [0.25, 0.3) is 21.8 Å². The molecule has 2 heterocycles. The van der Waals surface area contributed by atoms with E-state index in [1.807, 2.05) is 69.3 Å². The first-order valence-electron chi connectivity index (χ1n) is 20.8. The van der Waals surface area contributed by atoms with Crippen molar-refractivity contribution in [3.8, 4) is 0 Å². The summed E-state index contributed by atoms with van der Waals surface area (Å²) in [4.78, 5) is 99.6. The highest BCUT2D eigenvalue weighted by Crippen LogP contribution is 2.22. The Morgan fingerprint density at radius 1 is 0.590 bits per heavy atom. The lowest BCUT2D eigenvalue weighted by Crippen LogP contribution is -2.61. The molecule has 0 aliphatic heterocycles. The number of para-hydroxylation sites is 2. The van der Waals surface area contributed by atoms with Gasteiger partial charge in [0.1, 0.15) is 30.2 Å². The summed E-state index contributed by atoms with van der Waals surface area (Å²) in [6.07, 6.45) is 3.66. The van der Waals surface area contributed by atoms with Crippen molar-refractivity contribution < 1.29 is 43.8 Å². The second-order valence-electron chi connectivity index (χ2n) is 16.2. The summed E-state index contributed by atoms with van der Waals surface area (Å²) in [5.74, 6) is -7.26. The molecule has 0 bridgehead atoms.